The lowest BCUT2D eigenvalue weighted by Gasteiger charge is -2.00. The highest BCUT2D eigenvalue weighted by Gasteiger charge is 2.20. The fourth-order valence-electron chi connectivity index (χ4n) is 1.91. The number of aromatic nitrogens is 2. The van der Waals surface area contributed by atoms with Gasteiger partial charge in [0.1, 0.15) is 11.5 Å². The topological polar surface area (TPSA) is 81.3 Å². The van der Waals surface area contributed by atoms with E-state index in [4.69, 9.17) is 11.6 Å². The fourth-order valence-corrected chi connectivity index (χ4v) is 2.10. The number of fused-ring (bicyclic) bond motifs is 1. The van der Waals surface area contributed by atoms with Crippen LogP contribution in [0.5, 0.6) is 0 Å². The summed E-state index contributed by atoms with van der Waals surface area (Å²) in [5.41, 5.74) is 2.45. The van der Waals surface area contributed by atoms with Crippen LogP contribution in [0.1, 0.15) is 11.1 Å². The molecule has 6 nitrogen and oxygen atoms in total. The van der Waals surface area contributed by atoms with E-state index >= 15 is 0 Å². The average molecular weight is 275 g/mol. The quantitative estimate of drug-likeness (QED) is 0.479. The molecule has 1 aromatic heterocycles. The number of rotatable bonds is 2. The molecule has 1 aliphatic heterocycles. The van der Waals surface area contributed by atoms with Crippen LogP contribution in [0.3, 0.4) is 0 Å². The van der Waals surface area contributed by atoms with E-state index in [0.29, 0.717) is 17.4 Å². The number of nitro groups is 1. The molecule has 7 heteroatoms. The number of aliphatic imine (C=N–C) groups is 1. The van der Waals surface area contributed by atoms with Gasteiger partial charge in [0.15, 0.2) is 5.82 Å². The van der Waals surface area contributed by atoms with E-state index in [2.05, 4.69) is 15.0 Å². The molecule has 3 rings (SSSR count). The minimum Gasteiger partial charge on any atom is -0.258 e. The van der Waals surface area contributed by atoms with Crippen molar-refractivity contribution in [3.05, 3.63) is 57.0 Å². The number of hydrogen-bond acceptors (Lipinski definition) is 5. The van der Waals surface area contributed by atoms with Gasteiger partial charge in [-0.1, -0.05) is 11.6 Å². The number of nitrogens with zero attached hydrogens (tertiary/aromatic N) is 4. The molecule has 0 spiro atoms. The van der Waals surface area contributed by atoms with E-state index in [0.717, 1.165) is 16.8 Å². The predicted molar refractivity (Wildman–Crippen MR) is 70.0 cm³/mol. The number of hydrogen-bond donors (Lipinski definition) is 0. The van der Waals surface area contributed by atoms with Gasteiger partial charge in [0.2, 0.25) is 0 Å². The van der Waals surface area contributed by atoms with Crippen molar-refractivity contribution in [1.29, 1.82) is 0 Å². The second-order valence-corrected chi connectivity index (χ2v) is 4.36. The molecule has 94 valence electrons. The highest BCUT2D eigenvalue weighted by atomic mass is 35.5. The fraction of sp³-hybridized carbons (Fsp3) is 0.0833. The van der Waals surface area contributed by atoms with Gasteiger partial charge in [0, 0.05) is 24.1 Å². The first-order chi connectivity index (χ1) is 9.15. The van der Waals surface area contributed by atoms with Crippen molar-refractivity contribution in [2.24, 2.45) is 4.99 Å². The number of non-ortho nitro benzene ring substituents is 1. The van der Waals surface area contributed by atoms with Crippen LogP contribution in [-0.2, 0) is 6.42 Å². The average Bonchev–Trinajstić information content (AvgIpc) is 2.84. The van der Waals surface area contributed by atoms with Crippen molar-refractivity contribution in [3.63, 3.8) is 0 Å². The van der Waals surface area contributed by atoms with Crippen molar-refractivity contribution >= 4 is 28.8 Å². The Morgan fingerprint density at radius 3 is 2.58 bits per heavy atom. The van der Waals surface area contributed by atoms with Gasteiger partial charge < -0.3 is 0 Å². The van der Waals surface area contributed by atoms with Gasteiger partial charge in [-0.3, -0.25) is 10.1 Å². The minimum absolute atomic E-state index is 0.0534. The lowest BCUT2D eigenvalue weighted by atomic mass is 10.1. The van der Waals surface area contributed by atoms with Crippen molar-refractivity contribution < 1.29 is 4.92 Å². The Morgan fingerprint density at radius 2 is 1.95 bits per heavy atom. The van der Waals surface area contributed by atoms with Gasteiger partial charge in [-0.15, -0.1) is 0 Å². The van der Waals surface area contributed by atoms with E-state index in [1.807, 2.05) is 0 Å². The standard InChI is InChI=1S/C12H7ClN4O2/c13-11-9-5-10(16-12(9)15-6-14-11)7-1-3-8(4-2-7)17(18)19/h1-4,6H,5H2. The molecule has 1 aliphatic rings. The van der Waals surface area contributed by atoms with Crippen molar-refractivity contribution in [1.82, 2.24) is 9.97 Å². The molecule has 0 saturated heterocycles. The summed E-state index contributed by atoms with van der Waals surface area (Å²) < 4.78 is 0. The smallest absolute Gasteiger partial charge is 0.258 e. The summed E-state index contributed by atoms with van der Waals surface area (Å²) in [4.78, 5) is 22.5. The Hall–Kier alpha value is -2.34. The van der Waals surface area contributed by atoms with Gasteiger partial charge in [-0.05, 0) is 17.7 Å². The van der Waals surface area contributed by atoms with Crippen molar-refractivity contribution in [2.45, 2.75) is 6.42 Å². The number of benzene rings is 1. The molecular weight excluding hydrogens is 268 g/mol. The highest BCUT2D eigenvalue weighted by Crippen LogP contribution is 2.30. The van der Waals surface area contributed by atoms with Crippen LogP contribution in [0.15, 0.2) is 35.6 Å². The maximum absolute atomic E-state index is 10.6. The summed E-state index contributed by atoms with van der Waals surface area (Å²) in [6.07, 6.45) is 1.90. The zero-order chi connectivity index (χ0) is 13.4. The molecule has 2 heterocycles. The maximum Gasteiger partial charge on any atom is 0.269 e. The third kappa shape index (κ3) is 2.06. The summed E-state index contributed by atoms with van der Waals surface area (Å²) in [6.45, 7) is 0. The number of halogens is 1. The minimum atomic E-state index is -0.433. The van der Waals surface area contributed by atoms with Gasteiger partial charge in [-0.2, -0.15) is 0 Å². The summed E-state index contributed by atoms with van der Waals surface area (Å²) in [6, 6.07) is 6.25. The largest absolute Gasteiger partial charge is 0.269 e. The van der Waals surface area contributed by atoms with E-state index < -0.39 is 4.92 Å². The lowest BCUT2D eigenvalue weighted by Crippen LogP contribution is -2.01. The Kier molecular flexibility index (Phi) is 2.72. The second kappa shape index (κ2) is 4.40. The first-order valence-electron chi connectivity index (χ1n) is 5.47. The molecule has 0 aliphatic carbocycles. The van der Waals surface area contributed by atoms with Crippen LogP contribution in [0.4, 0.5) is 11.5 Å². The monoisotopic (exact) mass is 274 g/mol. The van der Waals surface area contributed by atoms with Crippen LogP contribution in [0, 0.1) is 10.1 Å². The van der Waals surface area contributed by atoms with Gasteiger partial charge >= 0.3 is 0 Å². The summed E-state index contributed by atoms with van der Waals surface area (Å²) >= 11 is 5.98. The van der Waals surface area contributed by atoms with E-state index in [9.17, 15) is 10.1 Å². The first-order valence-corrected chi connectivity index (χ1v) is 5.85. The Morgan fingerprint density at radius 1 is 1.21 bits per heavy atom. The summed E-state index contributed by atoms with van der Waals surface area (Å²) in [5, 5.41) is 11.0. The van der Waals surface area contributed by atoms with E-state index in [1.54, 1.807) is 12.1 Å². The predicted octanol–water partition coefficient (Wildman–Crippen LogP) is 2.72. The summed E-state index contributed by atoms with van der Waals surface area (Å²) in [7, 11) is 0. The van der Waals surface area contributed by atoms with Gasteiger partial charge in [0.25, 0.3) is 5.69 Å². The van der Waals surface area contributed by atoms with Crippen LogP contribution in [-0.4, -0.2) is 20.6 Å². The SMILES string of the molecule is O=[N+]([O-])c1ccc(C2=Nc3ncnc(Cl)c3C2)cc1. The molecule has 0 bridgehead atoms. The molecule has 0 N–H and O–H groups in total. The second-order valence-electron chi connectivity index (χ2n) is 4.01. The summed E-state index contributed by atoms with van der Waals surface area (Å²) in [5.74, 6) is 0.563. The molecule has 0 amide bonds. The molecule has 19 heavy (non-hydrogen) atoms. The van der Waals surface area contributed by atoms with E-state index in [-0.39, 0.29) is 5.69 Å². The first kappa shape index (κ1) is 11.7. The van der Waals surface area contributed by atoms with Crippen LogP contribution >= 0.6 is 11.6 Å². The van der Waals surface area contributed by atoms with E-state index in [1.165, 1.54) is 18.5 Å². The molecule has 0 radical (unpaired) electrons. The molecule has 0 unspecified atom stereocenters. The van der Waals surface area contributed by atoms with Crippen LogP contribution in [0.2, 0.25) is 5.15 Å². The van der Waals surface area contributed by atoms with Crippen molar-refractivity contribution in [3.8, 4) is 0 Å². The Labute approximate surface area is 113 Å². The Bertz CT molecular complexity index is 697. The molecule has 1 aromatic carbocycles. The lowest BCUT2D eigenvalue weighted by molar-refractivity contribution is -0.384. The highest BCUT2D eigenvalue weighted by molar-refractivity contribution is 6.31. The van der Waals surface area contributed by atoms with Gasteiger partial charge in [0.05, 0.1) is 10.6 Å². The normalized spacial score (nSPS) is 13.0. The maximum atomic E-state index is 10.6. The van der Waals surface area contributed by atoms with Crippen LogP contribution in [0.25, 0.3) is 0 Å². The zero-order valence-electron chi connectivity index (χ0n) is 9.58. The van der Waals surface area contributed by atoms with Crippen molar-refractivity contribution in [2.75, 3.05) is 0 Å². The molecule has 0 fully saturated rings. The number of nitro benzene ring substituents is 1. The molecule has 2 aromatic rings. The molecule has 0 saturated carbocycles. The van der Waals surface area contributed by atoms with Crippen LogP contribution < -0.4 is 0 Å². The Balaban J connectivity index is 1.94. The molecular formula is C12H7ClN4O2. The third-order valence-corrected chi connectivity index (χ3v) is 3.19. The zero-order valence-corrected chi connectivity index (χ0v) is 10.3. The molecule has 0 atom stereocenters. The third-order valence-electron chi connectivity index (χ3n) is 2.87. The van der Waals surface area contributed by atoms with Gasteiger partial charge in [-0.25, -0.2) is 15.0 Å².